The molecule has 12 atom stereocenters. The monoisotopic (exact) mass is 1010 g/mol. The molecule has 8 fully saturated rings. The van der Waals surface area contributed by atoms with Crippen LogP contribution in [0.4, 0.5) is 0 Å². The van der Waals surface area contributed by atoms with Gasteiger partial charge in [0.25, 0.3) is 0 Å². The van der Waals surface area contributed by atoms with E-state index in [1.165, 1.54) is 77.0 Å². The molecule has 0 spiro atoms. The smallest absolute Gasteiger partial charge is 0 e. The van der Waals surface area contributed by atoms with E-state index in [1.807, 2.05) is 27.7 Å². The van der Waals surface area contributed by atoms with Crippen LogP contribution in [0.1, 0.15) is 305 Å². The molecule has 8 aliphatic rings. The van der Waals surface area contributed by atoms with Crippen molar-refractivity contribution in [3.63, 3.8) is 0 Å². The third kappa shape index (κ3) is 25.7. The predicted octanol–water partition coefficient (Wildman–Crippen LogP) is 23.7. The van der Waals surface area contributed by atoms with Crippen molar-refractivity contribution in [2.24, 2.45) is 117 Å². The molecule has 0 aromatic rings. The van der Waals surface area contributed by atoms with Crippen molar-refractivity contribution in [2.75, 3.05) is 0 Å². The maximum atomic E-state index is 2.51. The Balaban J connectivity index is -0.000000167. The fourth-order valence-electron chi connectivity index (χ4n) is 13.5. The van der Waals surface area contributed by atoms with E-state index < -0.39 is 0 Å². The van der Waals surface area contributed by atoms with Gasteiger partial charge in [0.05, 0.1) is 0 Å². The van der Waals surface area contributed by atoms with E-state index in [1.54, 1.807) is 6.42 Å². The maximum absolute atomic E-state index is 2.51. The second kappa shape index (κ2) is 43.7. The SMILES string of the molecule is CC.CC.CC(C)C1C2CCC(C2)C1C(C)C.CC(C)C1CC2CC(C1C(C)C)C2(C)C.CC(C)C1CC2CC(C1C(C)C)C2(C)C.CCC.CCC.CCC.CCC.CCC.CCC.[Y]. The molecule has 0 nitrogen and oxygen atoms in total. The molecule has 8 rings (SSSR count). The molecule has 0 saturated heterocycles. The summed E-state index contributed by atoms with van der Waals surface area (Å²) in [6.45, 7) is 72.7. The molecule has 0 aliphatic heterocycles. The summed E-state index contributed by atoms with van der Waals surface area (Å²) in [5.41, 5.74) is 1.31. The van der Waals surface area contributed by atoms with Crippen molar-refractivity contribution in [3.8, 4) is 0 Å². The molecular formula is C65H140Y. The van der Waals surface area contributed by atoms with Gasteiger partial charge in [0.2, 0.25) is 0 Å². The largest absolute Gasteiger partial charge is 0.0683 e. The summed E-state index contributed by atoms with van der Waals surface area (Å²) < 4.78 is 0. The Labute approximate surface area is 452 Å². The van der Waals surface area contributed by atoms with Crippen LogP contribution in [0.5, 0.6) is 0 Å². The van der Waals surface area contributed by atoms with Crippen LogP contribution in [0.25, 0.3) is 0 Å². The Morgan fingerprint density at radius 1 is 0.318 bits per heavy atom. The number of fused-ring (bicyclic) bond motifs is 6. The molecule has 66 heavy (non-hydrogen) atoms. The molecule has 0 aromatic carbocycles. The summed E-state index contributed by atoms with van der Waals surface area (Å²) in [7, 11) is 0. The first-order chi connectivity index (χ1) is 30.3. The van der Waals surface area contributed by atoms with Crippen molar-refractivity contribution >= 4 is 0 Å². The third-order valence-corrected chi connectivity index (χ3v) is 16.0. The van der Waals surface area contributed by atoms with Gasteiger partial charge in [0, 0.05) is 32.7 Å². The van der Waals surface area contributed by atoms with Crippen molar-refractivity contribution in [1.29, 1.82) is 0 Å². The molecule has 1 heteroatoms. The number of hydrogen-bond acceptors (Lipinski definition) is 0. The van der Waals surface area contributed by atoms with Gasteiger partial charge in [0.1, 0.15) is 0 Å². The first kappa shape index (κ1) is 78.5. The second-order valence-corrected chi connectivity index (χ2v) is 24.9. The number of hydrogen-bond donors (Lipinski definition) is 0. The zero-order valence-corrected chi connectivity index (χ0v) is 56.0. The molecule has 0 heterocycles. The summed E-state index contributed by atoms with van der Waals surface area (Å²) in [6, 6.07) is 0. The van der Waals surface area contributed by atoms with E-state index in [-0.39, 0.29) is 32.7 Å². The van der Waals surface area contributed by atoms with Crippen LogP contribution in [-0.2, 0) is 32.7 Å². The zero-order chi connectivity index (χ0) is 52.6. The predicted molar refractivity (Wildman–Crippen MR) is 309 cm³/mol. The molecule has 6 bridgehead atoms. The zero-order valence-electron chi connectivity index (χ0n) is 53.2. The van der Waals surface area contributed by atoms with Gasteiger partial charge in [-0.05, 0) is 162 Å². The van der Waals surface area contributed by atoms with E-state index >= 15 is 0 Å². The van der Waals surface area contributed by atoms with Crippen LogP contribution in [0.3, 0.4) is 0 Å². The van der Waals surface area contributed by atoms with Gasteiger partial charge < -0.3 is 0 Å². The Morgan fingerprint density at radius 2 is 0.515 bits per heavy atom. The minimum atomic E-state index is 0. The molecule has 1 radical (unpaired) electrons. The van der Waals surface area contributed by atoms with Crippen LogP contribution in [-0.4, -0.2) is 0 Å². The quantitative estimate of drug-likeness (QED) is 0.249. The topological polar surface area (TPSA) is 0 Å². The Hall–Kier alpha value is 1.10. The summed E-state index contributed by atoms with van der Waals surface area (Å²) in [5.74, 6) is 17.8. The summed E-state index contributed by atoms with van der Waals surface area (Å²) >= 11 is 0. The number of rotatable bonds is 6. The molecule has 8 saturated carbocycles. The first-order valence-corrected chi connectivity index (χ1v) is 30.3. The van der Waals surface area contributed by atoms with E-state index in [0.29, 0.717) is 10.8 Å². The average Bonchev–Trinajstić information content (AvgIpc) is 3.87. The Kier molecular flexibility index (Phi) is 52.0. The van der Waals surface area contributed by atoms with Crippen LogP contribution >= 0.6 is 0 Å². The summed E-state index contributed by atoms with van der Waals surface area (Å²) in [4.78, 5) is 0. The van der Waals surface area contributed by atoms with Crippen LogP contribution in [0, 0.1) is 117 Å². The molecule has 12 unspecified atom stereocenters. The van der Waals surface area contributed by atoms with Crippen LogP contribution in [0.2, 0.25) is 0 Å². The fourth-order valence-corrected chi connectivity index (χ4v) is 13.5. The first-order valence-electron chi connectivity index (χ1n) is 30.3. The normalized spacial score (nSPS) is 30.1. The van der Waals surface area contributed by atoms with Gasteiger partial charge in [-0.1, -0.05) is 260 Å². The van der Waals surface area contributed by atoms with Crippen molar-refractivity contribution < 1.29 is 32.7 Å². The van der Waals surface area contributed by atoms with Gasteiger partial charge in [-0.15, -0.1) is 0 Å². The van der Waals surface area contributed by atoms with Crippen LogP contribution < -0.4 is 0 Å². The van der Waals surface area contributed by atoms with E-state index in [2.05, 4.69) is 194 Å². The van der Waals surface area contributed by atoms with Crippen molar-refractivity contribution in [1.82, 2.24) is 0 Å². The summed E-state index contributed by atoms with van der Waals surface area (Å²) in [5, 5.41) is 0. The maximum Gasteiger partial charge on any atom is 0 e. The van der Waals surface area contributed by atoms with Crippen molar-refractivity contribution in [2.45, 2.75) is 305 Å². The van der Waals surface area contributed by atoms with Gasteiger partial charge >= 0.3 is 0 Å². The molecular weight excluding hydrogens is 870 g/mol. The third-order valence-electron chi connectivity index (χ3n) is 16.0. The van der Waals surface area contributed by atoms with Gasteiger partial charge in [-0.25, -0.2) is 0 Å². The van der Waals surface area contributed by atoms with E-state index in [9.17, 15) is 0 Å². The Bertz CT molecular complexity index is 892. The minimum absolute atomic E-state index is 0. The van der Waals surface area contributed by atoms with Gasteiger partial charge in [-0.3, -0.25) is 0 Å². The molecule has 403 valence electrons. The molecule has 0 N–H and O–H groups in total. The van der Waals surface area contributed by atoms with E-state index in [0.717, 1.165) is 107 Å². The Morgan fingerprint density at radius 3 is 0.667 bits per heavy atom. The van der Waals surface area contributed by atoms with Gasteiger partial charge in [0.15, 0.2) is 0 Å². The minimum Gasteiger partial charge on any atom is -0.0683 e. The molecule has 0 amide bonds. The average molecular weight is 1010 g/mol. The second-order valence-electron chi connectivity index (χ2n) is 24.9. The summed E-state index contributed by atoms with van der Waals surface area (Å²) in [6.07, 6.45) is 18.2. The van der Waals surface area contributed by atoms with Crippen LogP contribution in [0.15, 0.2) is 0 Å². The van der Waals surface area contributed by atoms with E-state index in [4.69, 9.17) is 0 Å². The van der Waals surface area contributed by atoms with Crippen molar-refractivity contribution in [3.05, 3.63) is 0 Å². The fraction of sp³-hybridized carbons (Fsp3) is 1.00. The standard InChI is InChI=1S/2C15H28.C13H24.6C3H8.2C2H6.Y/c2*1-9(2)12-7-11-8-13(15(11,5)6)14(12)10(3)4;1-8(2)12-10-5-6-11(7-10)13(12)9(3)4;6*1-3-2;2*1-2;/h2*9-14H,7-8H2,1-6H3;8-13H,5-7H2,1-4H3;6*3H2,1-2H3;2*1-2H3;. The molecule has 8 aliphatic carbocycles. The molecule has 0 aromatic heterocycles. The van der Waals surface area contributed by atoms with Gasteiger partial charge in [-0.2, -0.15) is 0 Å².